The van der Waals surface area contributed by atoms with Gasteiger partial charge in [0.25, 0.3) is 5.91 Å². The number of anilines is 1. The molecule has 0 saturated heterocycles. The molecular formula is C20H21ClF3N3O4. The molecule has 7 nitrogen and oxygen atoms in total. The van der Waals surface area contributed by atoms with E-state index in [9.17, 15) is 22.8 Å². The number of benzene rings is 1. The van der Waals surface area contributed by atoms with Crippen LogP contribution in [0.3, 0.4) is 0 Å². The van der Waals surface area contributed by atoms with Crippen LogP contribution < -0.4 is 20.1 Å². The van der Waals surface area contributed by atoms with Crippen molar-refractivity contribution in [1.29, 1.82) is 0 Å². The van der Waals surface area contributed by atoms with Crippen molar-refractivity contribution in [3.8, 4) is 11.5 Å². The molecule has 11 heteroatoms. The van der Waals surface area contributed by atoms with E-state index in [1.807, 2.05) is 0 Å². The number of aromatic nitrogens is 1. The molecule has 168 valence electrons. The van der Waals surface area contributed by atoms with Crippen molar-refractivity contribution in [2.24, 2.45) is 5.92 Å². The van der Waals surface area contributed by atoms with Crippen LogP contribution in [0, 0.1) is 12.8 Å². The molecule has 1 aromatic heterocycles. The molecule has 2 amide bonds. The average molecular weight is 460 g/mol. The summed E-state index contributed by atoms with van der Waals surface area (Å²) in [4.78, 5) is 28.4. The van der Waals surface area contributed by atoms with Gasteiger partial charge in [-0.25, -0.2) is 4.98 Å². The molecule has 0 unspecified atom stereocenters. The van der Waals surface area contributed by atoms with Crippen molar-refractivity contribution in [3.63, 3.8) is 0 Å². The number of alkyl halides is 3. The zero-order valence-electron chi connectivity index (χ0n) is 17.0. The lowest BCUT2D eigenvalue weighted by atomic mass is 10.2. The Kier molecular flexibility index (Phi) is 8.09. The van der Waals surface area contributed by atoms with Gasteiger partial charge in [0.05, 0.1) is 11.6 Å². The van der Waals surface area contributed by atoms with Crippen molar-refractivity contribution < 1.29 is 32.2 Å². The van der Waals surface area contributed by atoms with E-state index in [0.717, 1.165) is 12.1 Å². The summed E-state index contributed by atoms with van der Waals surface area (Å²) >= 11 is 5.89. The number of aryl methyl sites for hydroxylation is 1. The number of hydrogen-bond acceptors (Lipinski definition) is 5. The third-order valence-corrected chi connectivity index (χ3v) is 4.07. The van der Waals surface area contributed by atoms with Crippen molar-refractivity contribution in [3.05, 3.63) is 46.6 Å². The lowest BCUT2D eigenvalue weighted by molar-refractivity contribution is -0.274. The summed E-state index contributed by atoms with van der Waals surface area (Å²) < 4.78 is 45.8. The Labute approximate surface area is 181 Å². The topological polar surface area (TPSA) is 89.5 Å². The van der Waals surface area contributed by atoms with Crippen LogP contribution >= 0.6 is 11.6 Å². The van der Waals surface area contributed by atoms with Gasteiger partial charge in [0.15, 0.2) is 0 Å². The lowest BCUT2D eigenvalue weighted by Gasteiger charge is -2.13. The average Bonchev–Trinajstić information content (AvgIpc) is 2.64. The molecule has 0 aliphatic rings. The van der Waals surface area contributed by atoms with Crippen LogP contribution in [0.5, 0.6) is 11.5 Å². The second-order valence-corrected chi connectivity index (χ2v) is 7.18. The van der Waals surface area contributed by atoms with Crippen LogP contribution in [0.1, 0.15) is 29.9 Å². The van der Waals surface area contributed by atoms with Crippen LogP contribution in [0.4, 0.5) is 19.0 Å². The number of ether oxygens (including phenoxy) is 2. The molecular weight excluding hydrogens is 439 g/mol. The minimum absolute atomic E-state index is 0.0198. The fourth-order valence-corrected chi connectivity index (χ4v) is 2.58. The van der Waals surface area contributed by atoms with Gasteiger partial charge in [-0.2, -0.15) is 0 Å². The van der Waals surface area contributed by atoms with Gasteiger partial charge in [-0.1, -0.05) is 25.4 Å². The molecule has 0 radical (unpaired) electrons. The van der Waals surface area contributed by atoms with Gasteiger partial charge in [-0.15, -0.1) is 13.2 Å². The van der Waals surface area contributed by atoms with Gasteiger partial charge in [0.1, 0.15) is 23.9 Å². The summed E-state index contributed by atoms with van der Waals surface area (Å²) in [6.45, 7) is 5.29. The van der Waals surface area contributed by atoms with Crippen LogP contribution in [0.15, 0.2) is 30.3 Å². The molecule has 0 fully saturated rings. The second-order valence-electron chi connectivity index (χ2n) is 6.77. The largest absolute Gasteiger partial charge is 0.573 e. The van der Waals surface area contributed by atoms with Crippen LogP contribution in [-0.4, -0.2) is 36.3 Å². The first-order valence-electron chi connectivity index (χ1n) is 9.20. The fraction of sp³-hybridized carbons (Fsp3) is 0.350. The number of halogens is 4. The summed E-state index contributed by atoms with van der Waals surface area (Å²) in [7, 11) is 0. The van der Waals surface area contributed by atoms with E-state index < -0.39 is 18.0 Å². The molecule has 0 aliphatic carbocycles. The number of rotatable bonds is 8. The predicted octanol–water partition coefficient (Wildman–Crippen LogP) is 4.35. The van der Waals surface area contributed by atoms with Gasteiger partial charge in [-0.3, -0.25) is 9.59 Å². The van der Waals surface area contributed by atoms with Crippen molar-refractivity contribution >= 4 is 29.2 Å². The highest BCUT2D eigenvalue weighted by atomic mass is 35.5. The van der Waals surface area contributed by atoms with E-state index in [1.54, 1.807) is 26.8 Å². The Morgan fingerprint density at radius 3 is 2.52 bits per heavy atom. The van der Waals surface area contributed by atoms with Gasteiger partial charge in [-0.05, 0) is 31.2 Å². The molecule has 2 aromatic rings. The number of hydrogen-bond donors (Lipinski definition) is 2. The fourth-order valence-electron chi connectivity index (χ4n) is 2.36. The minimum Gasteiger partial charge on any atom is -0.490 e. The maximum Gasteiger partial charge on any atom is 0.573 e. The van der Waals surface area contributed by atoms with Gasteiger partial charge in [0.2, 0.25) is 5.91 Å². The lowest BCUT2D eigenvalue weighted by Crippen LogP contribution is -2.28. The first-order valence-corrected chi connectivity index (χ1v) is 9.58. The Bertz CT molecular complexity index is 952. The smallest absolute Gasteiger partial charge is 0.490 e. The van der Waals surface area contributed by atoms with Gasteiger partial charge >= 0.3 is 6.36 Å². The third kappa shape index (κ3) is 7.97. The molecule has 2 rings (SSSR count). The third-order valence-electron chi connectivity index (χ3n) is 3.77. The van der Waals surface area contributed by atoms with Crippen LogP contribution in [-0.2, 0) is 4.79 Å². The van der Waals surface area contributed by atoms with Gasteiger partial charge in [0, 0.05) is 23.2 Å². The Balaban J connectivity index is 1.90. The predicted molar refractivity (Wildman–Crippen MR) is 108 cm³/mol. The monoisotopic (exact) mass is 459 g/mol. The summed E-state index contributed by atoms with van der Waals surface area (Å²) in [5, 5.41) is 5.22. The maximum atomic E-state index is 12.4. The number of amides is 2. The Morgan fingerprint density at radius 1 is 1.19 bits per heavy atom. The number of pyridine rings is 1. The summed E-state index contributed by atoms with van der Waals surface area (Å²) in [5.74, 6) is -0.920. The molecule has 0 saturated carbocycles. The zero-order valence-corrected chi connectivity index (χ0v) is 17.7. The van der Waals surface area contributed by atoms with Crippen molar-refractivity contribution in [2.45, 2.75) is 27.1 Å². The molecule has 0 spiro atoms. The quantitative estimate of drug-likeness (QED) is 0.573. The van der Waals surface area contributed by atoms with E-state index >= 15 is 0 Å². The normalized spacial score (nSPS) is 11.2. The van der Waals surface area contributed by atoms with E-state index in [1.165, 1.54) is 12.1 Å². The van der Waals surface area contributed by atoms with E-state index in [-0.39, 0.29) is 41.6 Å². The summed E-state index contributed by atoms with van der Waals surface area (Å²) in [5.41, 5.74) is 0.856. The van der Waals surface area contributed by atoms with Gasteiger partial charge < -0.3 is 20.1 Å². The van der Waals surface area contributed by atoms with E-state index in [4.69, 9.17) is 16.3 Å². The highest BCUT2D eigenvalue weighted by Crippen LogP contribution is 2.31. The zero-order chi connectivity index (χ0) is 23.2. The molecule has 0 aliphatic heterocycles. The molecule has 1 heterocycles. The van der Waals surface area contributed by atoms with Crippen LogP contribution in [0.25, 0.3) is 0 Å². The van der Waals surface area contributed by atoms with E-state index in [2.05, 4.69) is 20.4 Å². The first kappa shape index (κ1) is 24.3. The minimum atomic E-state index is -4.82. The molecule has 0 bridgehead atoms. The number of nitrogens with one attached hydrogen (secondary N) is 2. The number of carbonyl (C=O) groups excluding carboxylic acids is 2. The molecule has 2 N–H and O–H groups in total. The molecule has 31 heavy (non-hydrogen) atoms. The molecule has 0 atom stereocenters. The van der Waals surface area contributed by atoms with E-state index in [0.29, 0.717) is 11.3 Å². The Hall–Kier alpha value is -3.01. The molecule has 1 aromatic carbocycles. The van der Waals surface area contributed by atoms with Crippen molar-refractivity contribution in [1.82, 2.24) is 10.3 Å². The summed E-state index contributed by atoms with van der Waals surface area (Å²) in [6, 6.07) is 6.31. The first-order chi connectivity index (χ1) is 14.4. The number of carbonyl (C=O) groups is 2. The summed E-state index contributed by atoms with van der Waals surface area (Å²) in [6.07, 6.45) is -4.82. The highest BCUT2D eigenvalue weighted by molar-refractivity contribution is 6.32. The SMILES string of the molecule is Cc1cc(C(=O)NCCOc2ccc(OC(F)(F)F)cc2Cl)cc(NC(=O)C(C)C)n1. The van der Waals surface area contributed by atoms with Crippen molar-refractivity contribution in [2.75, 3.05) is 18.5 Å². The second kappa shape index (κ2) is 10.3. The standard InChI is InChI=1S/C20H21ClF3N3O4/c1-11(2)18(28)27-17-9-13(8-12(3)26-17)19(29)25-6-7-30-16-5-4-14(10-15(16)21)31-20(22,23)24/h4-5,8-11H,6-7H2,1-3H3,(H,25,29)(H,26,27,28). The highest BCUT2D eigenvalue weighted by Gasteiger charge is 2.31. The Morgan fingerprint density at radius 2 is 1.90 bits per heavy atom. The number of nitrogens with zero attached hydrogens (tertiary/aromatic N) is 1. The van der Waals surface area contributed by atoms with Crippen LogP contribution in [0.2, 0.25) is 5.02 Å². The maximum absolute atomic E-state index is 12.4.